The van der Waals surface area contributed by atoms with E-state index in [-0.39, 0.29) is 50.2 Å². The first-order chi connectivity index (χ1) is 18.7. The number of thiazole rings is 1. The number of rotatable bonds is 9. The summed E-state index contributed by atoms with van der Waals surface area (Å²) in [6, 6.07) is 0.259. The number of carbonyl (C=O) groups is 4. The van der Waals surface area contributed by atoms with Crippen LogP contribution in [0, 0.1) is 0 Å². The summed E-state index contributed by atoms with van der Waals surface area (Å²) in [6.07, 6.45) is 1.25. The number of amides is 2. The maximum atomic E-state index is 13.0. The van der Waals surface area contributed by atoms with Gasteiger partial charge >= 0.3 is 11.9 Å². The lowest BCUT2D eigenvalue weighted by atomic mass is 10.0. The van der Waals surface area contributed by atoms with Crippen molar-refractivity contribution in [1.82, 2.24) is 34.8 Å². The Labute approximate surface area is 230 Å². The number of carboxylic acids is 2. The van der Waals surface area contributed by atoms with Crippen molar-refractivity contribution in [2.45, 2.75) is 16.6 Å². The number of nitrogens with zero attached hydrogens (tertiary/aromatic N) is 7. The summed E-state index contributed by atoms with van der Waals surface area (Å²) in [6.45, 7) is 0. The van der Waals surface area contributed by atoms with Crippen molar-refractivity contribution in [3.05, 3.63) is 40.4 Å². The molecule has 1 fully saturated rings. The summed E-state index contributed by atoms with van der Waals surface area (Å²) in [4.78, 5) is 67.5. The molecule has 3 aromatic rings. The Morgan fingerprint density at radius 3 is 2.74 bits per heavy atom. The number of anilines is 1. The third kappa shape index (κ3) is 4.86. The van der Waals surface area contributed by atoms with Gasteiger partial charge in [-0.15, -0.1) is 23.1 Å². The van der Waals surface area contributed by atoms with Crippen LogP contribution in [0.25, 0.3) is 5.65 Å². The zero-order valence-electron chi connectivity index (χ0n) is 19.7. The van der Waals surface area contributed by atoms with Crippen molar-refractivity contribution >= 4 is 75.1 Å². The van der Waals surface area contributed by atoms with Gasteiger partial charge < -0.3 is 26.1 Å². The Morgan fingerprint density at radius 1 is 1.28 bits per heavy atom. The van der Waals surface area contributed by atoms with Crippen LogP contribution in [-0.2, 0) is 19.2 Å². The van der Waals surface area contributed by atoms with E-state index in [0.717, 1.165) is 28.0 Å². The third-order valence-electron chi connectivity index (χ3n) is 5.53. The molecule has 1 saturated heterocycles. The van der Waals surface area contributed by atoms with Gasteiger partial charge in [-0.25, -0.2) is 24.5 Å². The van der Waals surface area contributed by atoms with Crippen LogP contribution in [-0.4, -0.2) is 99.2 Å². The fourth-order valence-corrected chi connectivity index (χ4v) is 6.84. The third-order valence-corrected chi connectivity index (χ3v) is 8.56. The predicted octanol–water partition coefficient (Wildman–Crippen LogP) is -0.257. The van der Waals surface area contributed by atoms with Crippen molar-refractivity contribution in [2.24, 2.45) is 5.16 Å². The van der Waals surface area contributed by atoms with E-state index in [2.05, 4.69) is 30.5 Å². The molecule has 5 N–H and O–H groups in total. The van der Waals surface area contributed by atoms with E-state index in [0.29, 0.717) is 5.57 Å². The number of carbonyl (C=O) groups excluding carboxylic acids is 2. The van der Waals surface area contributed by atoms with E-state index >= 15 is 0 Å². The van der Waals surface area contributed by atoms with Gasteiger partial charge in [-0.05, 0) is 5.57 Å². The van der Waals surface area contributed by atoms with E-state index in [1.54, 1.807) is 0 Å². The molecule has 0 saturated carbocycles. The first kappa shape index (κ1) is 26.4. The van der Waals surface area contributed by atoms with Gasteiger partial charge in [-0.1, -0.05) is 16.9 Å². The maximum absolute atomic E-state index is 13.0. The average Bonchev–Trinajstić information content (AvgIpc) is 3.56. The molecule has 2 atom stereocenters. The van der Waals surface area contributed by atoms with Crippen molar-refractivity contribution in [1.29, 1.82) is 0 Å². The lowest BCUT2D eigenvalue weighted by Gasteiger charge is -2.49. The Hall–Kier alpha value is -4.23. The van der Waals surface area contributed by atoms with Crippen molar-refractivity contribution < 1.29 is 34.2 Å². The van der Waals surface area contributed by atoms with Crippen molar-refractivity contribution in [3.8, 4) is 0 Å². The van der Waals surface area contributed by atoms with Gasteiger partial charge in [0.1, 0.15) is 36.2 Å². The molecule has 0 bridgehead atoms. The van der Waals surface area contributed by atoms with Crippen molar-refractivity contribution in [3.63, 3.8) is 0 Å². The van der Waals surface area contributed by atoms with E-state index < -0.39 is 35.2 Å². The molecule has 5 heterocycles. The number of thioether (sulfide) groups is 2. The second-order valence-electron chi connectivity index (χ2n) is 7.86. The number of hydrogen-bond donors (Lipinski definition) is 4. The highest BCUT2D eigenvalue weighted by Gasteiger charge is 2.54. The number of oxime groups is 1. The quantitative estimate of drug-likeness (QED) is 0.0827. The molecular formula is C20H17N9O7S3. The Bertz CT molecular complexity index is 1580. The molecule has 2 aliphatic rings. The highest BCUT2D eigenvalue weighted by Crippen LogP contribution is 2.41. The number of carboxylic acid groups (broad SMARTS) is 2. The van der Waals surface area contributed by atoms with Crippen LogP contribution in [0.4, 0.5) is 5.13 Å². The minimum absolute atomic E-state index is 0.0864. The fraction of sp³-hybridized carbons (Fsp3) is 0.250. The molecule has 202 valence electrons. The van der Waals surface area contributed by atoms with Gasteiger partial charge in [0.15, 0.2) is 27.3 Å². The first-order valence-electron chi connectivity index (χ1n) is 10.8. The first-order valence-corrected chi connectivity index (χ1v) is 13.7. The van der Waals surface area contributed by atoms with Crippen molar-refractivity contribution in [2.75, 3.05) is 24.3 Å². The number of nitrogens with two attached hydrogens (primary N) is 1. The number of fused-ring (bicyclic) bond motifs is 2. The van der Waals surface area contributed by atoms with E-state index in [9.17, 15) is 29.4 Å². The fourth-order valence-electron chi connectivity index (χ4n) is 3.85. The SMILES string of the molecule is CO/N=C(\C(=O)N[C@@H]1C(=O)N2C(C(=O)O)=C(CSc3nc(C(=O)O)cc4ncnn34)CS[C@H]12)c1csc(N)n1. The van der Waals surface area contributed by atoms with Crippen LogP contribution >= 0.6 is 34.9 Å². The number of nitrogens with one attached hydrogen (secondary N) is 1. The van der Waals surface area contributed by atoms with E-state index in [1.165, 1.54) is 41.2 Å². The van der Waals surface area contributed by atoms with Gasteiger partial charge in [0.25, 0.3) is 11.8 Å². The molecule has 2 amide bonds. The molecule has 0 radical (unpaired) electrons. The largest absolute Gasteiger partial charge is 0.477 e. The second kappa shape index (κ2) is 10.5. The predicted molar refractivity (Wildman–Crippen MR) is 138 cm³/mol. The highest BCUT2D eigenvalue weighted by atomic mass is 32.2. The van der Waals surface area contributed by atoms with Crippen LogP contribution in [0.2, 0.25) is 0 Å². The molecule has 2 aliphatic heterocycles. The van der Waals surface area contributed by atoms with Crippen LogP contribution in [0.5, 0.6) is 0 Å². The summed E-state index contributed by atoms with van der Waals surface area (Å²) in [5, 5.41) is 30.8. The molecule has 0 aromatic carbocycles. The summed E-state index contributed by atoms with van der Waals surface area (Å²) in [7, 11) is 1.25. The van der Waals surface area contributed by atoms with Crippen LogP contribution in [0.3, 0.4) is 0 Å². The van der Waals surface area contributed by atoms with Gasteiger partial charge in [0.2, 0.25) is 0 Å². The van der Waals surface area contributed by atoms with Crippen LogP contribution in [0.15, 0.2) is 39.4 Å². The number of aromatic nitrogens is 5. The van der Waals surface area contributed by atoms with E-state index in [1.807, 2.05) is 0 Å². The monoisotopic (exact) mass is 591 g/mol. The van der Waals surface area contributed by atoms with Crippen LogP contribution in [0.1, 0.15) is 16.2 Å². The minimum atomic E-state index is -1.31. The topological polar surface area (TPSA) is 228 Å². The molecule has 0 aliphatic carbocycles. The Balaban J connectivity index is 1.34. The van der Waals surface area contributed by atoms with Gasteiger partial charge in [0, 0.05) is 23.0 Å². The zero-order valence-corrected chi connectivity index (χ0v) is 22.1. The summed E-state index contributed by atoms with van der Waals surface area (Å²) < 4.78 is 1.34. The maximum Gasteiger partial charge on any atom is 0.354 e. The number of β-lactam (4-membered cyclic amide) rings is 1. The molecular weight excluding hydrogens is 574 g/mol. The Kier molecular flexibility index (Phi) is 7.10. The molecule has 3 aromatic heterocycles. The number of nitrogen functional groups attached to an aromatic ring is 1. The molecule has 0 spiro atoms. The lowest BCUT2D eigenvalue weighted by molar-refractivity contribution is -0.150. The smallest absolute Gasteiger partial charge is 0.354 e. The minimum Gasteiger partial charge on any atom is -0.477 e. The average molecular weight is 592 g/mol. The van der Waals surface area contributed by atoms with Gasteiger partial charge in [-0.2, -0.15) is 9.61 Å². The molecule has 0 unspecified atom stereocenters. The number of hydrogen-bond acceptors (Lipinski definition) is 14. The second-order valence-corrected chi connectivity index (χ2v) is 10.8. The molecule has 16 nitrogen and oxygen atoms in total. The van der Waals surface area contributed by atoms with Crippen LogP contribution < -0.4 is 11.1 Å². The molecule has 19 heteroatoms. The Morgan fingerprint density at radius 2 is 2.08 bits per heavy atom. The molecule has 39 heavy (non-hydrogen) atoms. The van der Waals surface area contributed by atoms with Gasteiger partial charge in [-0.3, -0.25) is 14.5 Å². The normalized spacial score (nSPS) is 19.1. The zero-order chi connectivity index (χ0) is 27.8. The summed E-state index contributed by atoms with van der Waals surface area (Å²) in [5.74, 6) is -3.59. The number of aliphatic carboxylic acids is 1. The summed E-state index contributed by atoms with van der Waals surface area (Å²) >= 11 is 3.43. The standard InChI is InChI=1S/C20H17N9O7S3/c1-36-27-11(9-5-38-19(21)24-9)14(30)26-12-15(31)28-13(18(34)35)7(3-37-16(12)28)4-39-20-25-8(17(32)33)2-10-22-6-23-29(10)20/h2,5-6,12,16H,3-4H2,1H3,(H2,21,24)(H,26,30)(H,32,33)(H,34,35)/b27-11-/t12-,16-/m1/s1. The summed E-state index contributed by atoms with van der Waals surface area (Å²) in [5.41, 5.74) is 5.87. The van der Waals surface area contributed by atoms with E-state index in [4.69, 9.17) is 10.6 Å². The lowest BCUT2D eigenvalue weighted by Crippen LogP contribution is -2.71. The number of aromatic carboxylic acids is 1. The highest BCUT2D eigenvalue weighted by molar-refractivity contribution is 8.01. The van der Waals surface area contributed by atoms with Gasteiger partial charge in [0.05, 0.1) is 0 Å². The molecule has 5 rings (SSSR count).